The van der Waals surface area contributed by atoms with Crippen molar-refractivity contribution in [3.05, 3.63) is 0 Å². The van der Waals surface area contributed by atoms with Crippen molar-refractivity contribution in [3.8, 4) is 0 Å². The molecule has 0 fully saturated rings. The van der Waals surface area contributed by atoms with Gasteiger partial charge in [0.15, 0.2) is 0 Å². The molecule has 0 aromatic heterocycles. The van der Waals surface area contributed by atoms with E-state index in [0.717, 1.165) is 12.8 Å². The van der Waals surface area contributed by atoms with E-state index in [4.69, 9.17) is 34.8 Å². The van der Waals surface area contributed by atoms with Gasteiger partial charge in [-0.25, -0.2) is 4.79 Å². The average molecular weight is 318 g/mol. The molecule has 0 unspecified atom stereocenters. The van der Waals surface area contributed by atoms with E-state index in [1.54, 1.807) is 0 Å². The van der Waals surface area contributed by atoms with Crippen LogP contribution in [0.5, 0.6) is 0 Å². The first kappa shape index (κ1) is 18.0. The first-order valence-corrected chi connectivity index (χ1v) is 7.33. The topological polar surface area (TPSA) is 43.4 Å². The Balaban J connectivity index is 3.52. The molecule has 0 spiro atoms. The van der Waals surface area contributed by atoms with Crippen LogP contribution < -0.4 is 0 Å². The number of esters is 2. The van der Waals surface area contributed by atoms with Crippen LogP contribution in [-0.2, 0) is 14.3 Å². The van der Waals surface area contributed by atoms with Crippen LogP contribution >= 0.6 is 34.8 Å². The summed E-state index contributed by atoms with van der Waals surface area (Å²) >= 11 is 15.8. The average Bonchev–Trinajstić information content (AvgIpc) is 2.26. The zero-order valence-electron chi connectivity index (χ0n) is 10.5. The Morgan fingerprint density at radius 1 is 0.944 bits per heavy atom. The van der Waals surface area contributed by atoms with Crippen LogP contribution in [0.1, 0.15) is 58.3 Å². The minimum atomic E-state index is -2.18. The summed E-state index contributed by atoms with van der Waals surface area (Å²) in [4.78, 5) is 22.3. The Morgan fingerprint density at radius 2 is 1.44 bits per heavy atom. The van der Waals surface area contributed by atoms with Gasteiger partial charge in [0.2, 0.25) is 0 Å². The summed E-state index contributed by atoms with van der Waals surface area (Å²) < 4.78 is 2.20. The molecule has 0 saturated heterocycles. The molecule has 0 N–H and O–H groups in total. The van der Waals surface area contributed by atoms with E-state index in [-0.39, 0.29) is 6.42 Å². The van der Waals surface area contributed by atoms with Crippen LogP contribution in [0.4, 0.5) is 0 Å². The zero-order valence-corrected chi connectivity index (χ0v) is 12.8. The number of rotatable bonds is 8. The molecule has 18 heavy (non-hydrogen) atoms. The molecule has 0 rings (SSSR count). The molecule has 0 aromatic carbocycles. The second kappa shape index (κ2) is 9.88. The molecule has 6 heteroatoms. The second-order valence-electron chi connectivity index (χ2n) is 4.13. The molecule has 0 aliphatic carbocycles. The lowest BCUT2D eigenvalue weighted by molar-refractivity contribution is -0.159. The van der Waals surface area contributed by atoms with Crippen LogP contribution in [0.3, 0.4) is 0 Å². The highest BCUT2D eigenvalue weighted by atomic mass is 35.6. The molecule has 0 atom stereocenters. The van der Waals surface area contributed by atoms with Crippen molar-refractivity contribution in [2.24, 2.45) is 0 Å². The largest absolute Gasteiger partial charge is 0.390 e. The maximum Gasteiger partial charge on any atom is 0.366 e. The second-order valence-corrected chi connectivity index (χ2v) is 6.41. The van der Waals surface area contributed by atoms with E-state index in [2.05, 4.69) is 11.7 Å². The molecule has 0 heterocycles. The number of alkyl halides is 3. The van der Waals surface area contributed by atoms with Gasteiger partial charge < -0.3 is 4.74 Å². The minimum Gasteiger partial charge on any atom is -0.390 e. The molecule has 0 bridgehead atoms. The maximum atomic E-state index is 11.2. The summed E-state index contributed by atoms with van der Waals surface area (Å²) in [6.07, 6.45) is 7.78. The van der Waals surface area contributed by atoms with Gasteiger partial charge in [-0.3, -0.25) is 4.79 Å². The molecule has 0 saturated carbocycles. The molecule has 0 amide bonds. The Morgan fingerprint density at radius 3 is 1.94 bits per heavy atom. The lowest BCUT2D eigenvalue weighted by atomic mass is 10.1. The van der Waals surface area contributed by atoms with Gasteiger partial charge in [-0.05, 0) is 6.42 Å². The van der Waals surface area contributed by atoms with Crippen molar-refractivity contribution in [2.75, 3.05) is 0 Å². The smallest absolute Gasteiger partial charge is 0.366 e. The third kappa shape index (κ3) is 9.98. The first-order valence-electron chi connectivity index (χ1n) is 6.19. The standard InChI is InChI=1S/C12H19Cl3O3/c1-2-3-4-5-6-7-8-9-10(16)18-11(17)12(13,14)15/h2-9H2,1H3. The zero-order chi connectivity index (χ0) is 14.0. The van der Waals surface area contributed by atoms with E-state index < -0.39 is 15.7 Å². The predicted octanol–water partition coefficient (Wildman–Crippen LogP) is 4.57. The summed E-state index contributed by atoms with van der Waals surface area (Å²) in [6, 6.07) is 0. The Labute approximate surface area is 123 Å². The summed E-state index contributed by atoms with van der Waals surface area (Å²) in [5.74, 6) is -1.78. The van der Waals surface area contributed by atoms with Crippen molar-refractivity contribution in [1.29, 1.82) is 0 Å². The van der Waals surface area contributed by atoms with Crippen LogP contribution in [0.15, 0.2) is 0 Å². The van der Waals surface area contributed by atoms with E-state index in [0.29, 0.717) is 6.42 Å². The third-order valence-electron chi connectivity index (χ3n) is 2.42. The molecule has 0 aromatic rings. The molecule has 0 aliphatic rings. The van der Waals surface area contributed by atoms with Crippen molar-refractivity contribution in [2.45, 2.75) is 62.1 Å². The van der Waals surface area contributed by atoms with Crippen molar-refractivity contribution in [3.63, 3.8) is 0 Å². The molecule has 106 valence electrons. The van der Waals surface area contributed by atoms with Gasteiger partial charge in [-0.15, -0.1) is 0 Å². The van der Waals surface area contributed by atoms with Gasteiger partial charge in [-0.2, -0.15) is 0 Å². The third-order valence-corrected chi connectivity index (χ3v) is 2.89. The van der Waals surface area contributed by atoms with Gasteiger partial charge in [0.05, 0.1) is 0 Å². The number of carbonyl (C=O) groups is 2. The Hall–Kier alpha value is 0.01000. The van der Waals surface area contributed by atoms with Crippen LogP contribution in [0, 0.1) is 0 Å². The number of hydrogen-bond acceptors (Lipinski definition) is 3. The number of halogens is 3. The van der Waals surface area contributed by atoms with Crippen molar-refractivity contribution in [1.82, 2.24) is 0 Å². The maximum absolute atomic E-state index is 11.2. The molecular weight excluding hydrogens is 298 g/mol. The molecule has 0 radical (unpaired) electrons. The van der Waals surface area contributed by atoms with E-state index in [1.165, 1.54) is 25.7 Å². The summed E-state index contributed by atoms with van der Waals surface area (Å²) in [5.41, 5.74) is 0. The normalized spacial score (nSPS) is 11.3. The highest BCUT2D eigenvalue weighted by molar-refractivity contribution is 6.75. The monoisotopic (exact) mass is 316 g/mol. The lowest BCUT2D eigenvalue weighted by Gasteiger charge is -2.08. The number of hydrogen-bond donors (Lipinski definition) is 0. The van der Waals surface area contributed by atoms with E-state index >= 15 is 0 Å². The molecular formula is C12H19Cl3O3. The van der Waals surface area contributed by atoms with Crippen LogP contribution in [0.2, 0.25) is 0 Å². The molecule has 3 nitrogen and oxygen atoms in total. The van der Waals surface area contributed by atoms with Gasteiger partial charge in [0, 0.05) is 6.42 Å². The fourth-order valence-corrected chi connectivity index (χ4v) is 1.55. The highest BCUT2D eigenvalue weighted by Gasteiger charge is 2.34. The summed E-state index contributed by atoms with van der Waals surface area (Å²) in [7, 11) is 0. The predicted molar refractivity (Wildman–Crippen MR) is 74.0 cm³/mol. The minimum absolute atomic E-state index is 0.181. The SMILES string of the molecule is CCCCCCCCCC(=O)OC(=O)C(Cl)(Cl)Cl. The van der Waals surface area contributed by atoms with Crippen molar-refractivity contribution >= 4 is 46.7 Å². The number of ether oxygens (including phenoxy) is 1. The van der Waals surface area contributed by atoms with Crippen LogP contribution in [-0.4, -0.2) is 15.7 Å². The highest BCUT2D eigenvalue weighted by Crippen LogP contribution is 2.27. The number of carbonyl (C=O) groups excluding carboxylic acids is 2. The summed E-state index contributed by atoms with van der Waals surface area (Å²) in [6.45, 7) is 2.16. The lowest BCUT2D eigenvalue weighted by Crippen LogP contribution is -2.25. The van der Waals surface area contributed by atoms with Gasteiger partial charge in [0.25, 0.3) is 3.79 Å². The van der Waals surface area contributed by atoms with E-state index in [1.807, 2.05) is 0 Å². The first-order chi connectivity index (χ1) is 8.38. The fourth-order valence-electron chi connectivity index (χ4n) is 1.44. The Bertz CT molecular complexity index is 262. The van der Waals surface area contributed by atoms with Crippen molar-refractivity contribution < 1.29 is 14.3 Å². The van der Waals surface area contributed by atoms with Gasteiger partial charge in [-0.1, -0.05) is 80.3 Å². The Kier molecular flexibility index (Phi) is 9.88. The molecule has 0 aliphatic heterocycles. The van der Waals surface area contributed by atoms with E-state index in [9.17, 15) is 9.59 Å². The van der Waals surface area contributed by atoms with Gasteiger partial charge in [0.1, 0.15) is 0 Å². The number of unbranched alkanes of at least 4 members (excludes halogenated alkanes) is 6. The fraction of sp³-hybridized carbons (Fsp3) is 0.833. The van der Waals surface area contributed by atoms with Gasteiger partial charge >= 0.3 is 11.9 Å². The quantitative estimate of drug-likeness (QED) is 0.285. The van der Waals surface area contributed by atoms with Crippen LogP contribution in [0.25, 0.3) is 0 Å². The summed E-state index contributed by atoms with van der Waals surface area (Å²) in [5, 5.41) is 0.